The SMILES string of the molecule is CN=C(NCc1cccc([N+](=O)[O-])c1)NC1CCN(c2ncccc2F)C1.I. The summed E-state index contributed by atoms with van der Waals surface area (Å²) in [5, 5.41) is 17.3. The van der Waals surface area contributed by atoms with E-state index >= 15 is 0 Å². The molecule has 2 heterocycles. The van der Waals surface area contributed by atoms with Crippen molar-refractivity contribution in [2.24, 2.45) is 4.99 Å². The maximum atomic E-state index is 13.9. The molecule has 0 amide bonds. The summed E-state index contributed by atoms with van der Waals surface area (Å²) in [6, 6.07) is 9.54. The third-order valence-electron chi connectivity index (χ3n) is 4.37. The first kappa shape index (κ1) is 21.8. The van der Waals surface area contributed by atoms with Gasteiger partial charge in [0, 0.05) is 51.1 Å². The topological polar surface area (TPSA) is 95.7 Å². The van der Waals surface area contributed by atoms with Gasteiger partial charge in [-0.25, -0.2) is 9.37 Å². The monoisotopic (exact) mass is 500 g/mol. The summed E-state index contributed by atoms with van der Waals surface area (Å²) in [7, 11) is 1.66. The average Bonchev–Trinajstić information content (AvgIpc) is 3.14. The van der Waals surface area contributed by atoms with Crippen molar-refractivity contribution in [1.82, 2.24) is 15.6 Å². The Bertz CT molecular complexity index is 850. The lowest BCUT2D eigenvalue weighted by Crippen LogP contribution is -2.44. The fourth-order valence-electron chi connectivity index (χ4n) is 3.03. The van der Waals surface area contributed by atoms with Crippen LogP contribution >= 0.6 is 24.0 Å². The molecule has 0 radical (unpaired) electrons. The van der Waals surface area contributed by atoms with Crippen LogP contribution in [0.1, 0.15) is 12.0 Å². The molecule has 1 unspecified atom stereocenters. The molecule has 1 saturated heterocycles. The highest BCUT2D eigenvalue weighted by Gasteiger charge is 2.25. The Balaban J connectivity index is 0.00000280. The van der Waals surface area contributed by atoms with Gasteiger partial charge in [-0.1, -0.05) is 12.1 Å². The summed E-state index contributed by atoms with van der Waals surface area (Å²) in [6.45, 7) is 1.73. The van der Waals surface area contributed by atoms with E-state index in [1.165, 1.54) is 18.2 Å². The Morgan fingerprint density at radius 2 is 2.25 bits per heavy atom. The Hall–Kier alpha value is -2.50. The highest BCUT2D eigenvalue weighted by atomic mass is 127. The van der Waals surface area contributed by atoms with Gasteiger partial charge in [0.15, 0.2) is 17.6 Å². The minimum Gasteiger partial charge on any atom is -0.352 e. The van der Waals surface area contributed by atoms with Crippen molar-refractivity contribution >= 4 is 41.4 Å². The number of nitrogens with zero attached hydrogens (tertiary/aromatic N) is 4. The molecule has 8 nitrogen and oxygen atoms in total. The first-order valence-corrected chi connectivity index (χ1v) is 8.63. The zero-order chi connectivity index (χ0) is 19.2. The Kier molecular flexibility index (Phi) is 7.91. The standard InChI is InChI=1S/C18H21FN6O2.HI/c1-20-18(22-11-13-4-2-5-15(10-13)25(26)27)23-14-7-9-24(12-14)17-16(19)6-3-8-21-17;/h2-6,8,10,14H,7,9,11-12H2,1H3,(H2,20,22,23);1H. The van der Waals surface area contributed by atoms with Crippen LogP contribution in [0.4, 0.5) is 15.9 Å². The summed E-state index contributed by atoms with van der Waals surface area (Å²) in [5.41, 5.74) is 0.844. The number of guanidine groups is 1. The number of hydrogen-bond donors (Lipinski definition) is 2. The van der Waals surface area contributed by atoms with Crippen LogP contribution in [0.3, 0.4) is 0 Å². The van der Waals surface area contributed by atoms with Gasteiger partial charge >= 0.3 is 0 Å². The van der Waals surface area contributed by atoms with Gasteiger partial charge < -0.3 is 15.5 Å². The number of pyridine rings is 1. The van der Waals surface area contributed by atoms with Crippen LogP contribution in [0.2, 0.25) is 0 Å². The van der Waals surface area contributed by atoms with E-state index in [0.29, 0.717) is 31.4 Å². The molecule has 1 fully saturated rings. The van der Waals surface area contributed by atoms with E-state index in [1.54, 1.807) is 25.4 Å². The number of hydrogen-bond acceptors (Lipinski definition) is 5. The number of aromatic nitrogens is 1. The lowest BCUT2D eigenvalue weighted by Gasteiger charge is -2.20. The summed E-state index contributed by atoms with van der Waals surface area (Å²) in [6.07, 6.45) is 2.41. The van der Waals surface area contributed by atoms with Crippen LogP contribution < -0.4 is 15.5 Å². The predicted octanol–water partition coefficient (Wildman–Crippen LogP) is 2.69. The molecule has 28 heavy (non-hydrogen) atoms. The minimum absolute atomic E-state index is 0. The van der Waals surface area contributed by atoms with E-state index in [4.69, 9.17) is 0 Å². The molecule has 1 aliphatic rings. The normalized spacial score (nSPS) is 16.4. The minimum atomic E-state index is -0.416. The Morgan fingerprint density at radius 1 is 1.43 bits per heavy atom. The van der Waals surface area contributed by atoms with Crippen molar-refractivity contribution < 1.29 is 9.31 Å². The zero-order valence-electron chi connectivity index (χ0n) is 15.3. The molecule has 1 atom stereocenters. The second-order valence-electron chi connectivity index (χ2n) is 6.24. The molecule has 2 aromatic rings. The number of nitrogens with one attached hydrogen (secondary N) is 2. The van der Waals surface area contributed by atoms with Crippen LogP contribution in [0.15, 0.2) is 47.6 Å². The third-order valence-corrected chi connectivity index (χ3v) is 4.37. The van der Waals surface area contributed by atoms with Crippen LogP contribution in [0.25, 0.3) is 0 Å². The molecule has 150 valence electrons. The molecule has 1 aromatic heterocycles. The van der Waals surface area contributed by atoms with E-state index < -0.39 is 4.92 Å². The number of rotatable bonds is 5. The fourth-order valence-corrected chi connectivity index (χ4v) is 3.03. The van der Waals surface area contributed by atoms with Gasteiger partial charge in [-0.15, -0.1) is 24.0 Å². The molecule has 3 rings (SSSR count). The van der Waals surface area contributed by atoms with Crippen LogP contribution in [0.5, 0.6) is 0 Å². The van der Waals surface area contributed by atoms with Crippen LogP contribution in [-0.4, -0.2) is 42.0 Å². The Labute approximate surface area is 179 Å². The summed E-state index contributed by atoms with van der Waals surface area (Å²) >= 11 is 0. The number of anilines is 1. The number of nitro benzene ring substituents is 1. The highest BCUT2D eigenvalue weighted by Crippen LogP contribution is 2.20. The second kappa shape index (κ2) is 10.2. The molecule has 0 bridgehead atoms. The van der Waals surface area contributed by atoms with Crippen molar-refractivity contribution in [2.75, 3.05) is 25.0 Å². The quantitative estimate of drug-likeness (QED) is 0.216. The molecule has 2 N–H and O–H groups in total. The number of benzene rings is 1. The lowest BCUT2D eigenvalue weighted by molar-refractivity contribution is -0.384. The van der Waals surface area contributed by atoms with Crippen LogP contribution in [0, 0.1) is 15.9 Å². The number of nitro groups is 1. The van der Waals surface area contributed by atoms with E-state index in [-0.39, 0.29) is 41.5 Å². The van der Waals surface area contributed by atoms with Gasteiger partial charge in [-0.05, 0) is 24.1 Å². The number of halogens is 2. The average molecular weight is 500 g/mol. The first-order valence-electron chi connectivity index (χ1n) is 8.63. The zero-order valence-corrected chi connectivity index (χ0v) is 17.7. The van der Waals surface area contributed by atoms with E-state index in [9.17, 15) is 14.5 Å². The van der Waals surface area contributed by atoms with Crippen molar-refractivity contribution in [3.05, 3.63) is 64.1 Å². The molecule has 0 saturated carbocycles. The van der Waals surface area contributed by atoms with Crippen molar-refractivity contribution in [3.63, 3.8) is 0 Å². The van der Waals surface area contributed by atoms with Crippen molar-refractivity contribution in [3.8, 4) is 0 Å². The number of non-ortho nitro benzene ring substituents is 1. The van der Waals surface area contributed by atoms with Gasteiger partial charge in [0.1, 0.15) is 0 Å². The molecule has 1 aromatic carbocycles. The maximum Gasteiger partial charge on any atom is 0.269 e. The summed E-state index contributed by atoms with van der Waals surface area (Å²) in [5.74, 6) is 0.627. The van der Waals surface area contributed by atoms with E-state index in [2.05, 4.69) is 20.6 Å². The first-order chi connectivity index (χ1) is 13.1. The van der Waals surface area contributed by atoms with Gasteiger partial charge in [-0.3, -0.25) is 15.1 Å². The second-order valence-corrected chi connectivity index (χ2v) is 6.24. The summed E-state index contributed by atoms with van der Waals surface area (Å²) in [4.78, 5) is 20.7. The summed E-state index contributed by atoms with van der Waals surface area (Å²) < 4.78 is 13.9. The maximum absolute atomic E-state index is 13.9. The molecular weight excluding hydrogens is 478 g/mol. The Morgan fingerprint density at radius 3 is 2.96 bits per heavy atom. The van der Waals surface area contributed by atoms with Crippen molar-refractivity contribution in [1.29, 1.82) is 0 Å². The fraction of sp³-hybridized carbons (Fsp3) is 0.333. The molecule has 1 aliphatic heterocycles. The predicted molar refractivity (Wildman–Crippen MR) is 117 cm³/mol. The highest BCUT2D eigenvalue weighted by molar-refractivity contribution is 14.0. The molecular formula is C18H22FIN6O2. The molecule has 0 spiro atoms. The largest absolute Gasteiger partial charge is 0.352 e. The lowest BCUT2D eigenvalue weighted by atomic mass is 10.2. The van der Waals surface area contributed by atoms with Gasteiger partial charge in [-0.2, -0.15) is 0 Å². The third kappa shape index (κ3) is 5.50. The van der Waals surface area contributed by atoms with Crippen molar-refractivity contribution in [2.45, 2.75) is 19.0 Å². The van der Waals surface area contributed by atoms with Gasteiger partial charge in [0.25, 0.3) is 5.69 Å². The molecule has 0 aliphatic carbocycles. The van der Waals surface area contributed by atoms with Gasteiger partial charge in [0.05, 0.1) is 4.92 Å². The van der Waals surface area contributed by atoms with Crippen LogP contribution in [-0.2, 0) is 6.54 Å². The van der Waals surface area contributed by atoms with Gasteiger partial charge in [0.2, 0.25) is 0 Å². The van der Waals surface area contributed by atoms with E-state index in [1.807, 2.05) is 11.0 Å². The smallest absolute Gasteiger partial charge is 0.269 e. The molecule has 10 heteroatoms. The van der Waals surface area contributed by atoms with E-state index in [0.717, 1.165) is 12.0 Å². The number of aliphatic imine (C=N–C) groups is 1.